The van der Waals surface area contributed by atoms with Crippen molar-refractivity contribution in [3.63, 3.8) is 0 Å². The van der Waals surface area contributed by atoms with Crippen LogP contribution in [0.5, 0.6) is 0 Å². The van der Waals surface area contributed by atoms with E-state index in [1.165, 1.54) is 18.6 Å². The highest BCUT2D eigenvalue weighted by molar-refractivity contribution is 5.94. The first kappa shape index (κ1) is 17.3. The molecule has 2 fully saturated rings. The Bertz CT molecular complexity index is 538. The number of amides is 1. The van der Waals surface area contributed by atoms with Gasteiger partial charge in [-0.2, -0.15) is 0 Å². The van der Waals surface area contributed by atoms with Gasteiger partial charge in [-0.15, -0.1) is 0 Å². The molecule has 1 aromatic rings. The molecule has 3 rings (SSSR count). The van der Waals surface area contributed by atoms with Crippen LogP contribution in [-0.2, 0) is 9.53 Å². The van der Waals surface area contributed by atoms with Crippen LogP contribution in [0.25, 0.3) is 0 Å². The summed E-state index contributed by atoms with van der Waals surface area (Å²) >= 11 is 0. The molecule has 1 aromatic carbocycles. The maximum atomic E-state index is 12.9. The van der Waals surface area contributed by atoms with E-state index in [0.717, 1.165) is 45.8 Å². The lowest BCUT2D eigenvalue weighted by Crippen LogP contribution is -2.53. The standard InChI is InChI=1S/C18H26FN3O2/c1-14(18(23)20-16-6-4-15(19)5-7-16)22-10-8-21(9-11-22)13-17-3-2-12-24-17/h4-7,14,17H,2-3,8-13H2,1H3,(H,20,23)/t14-,17+/m0/s1. The number of ether oxygens (including phenoxy) is 1. The Kier molecular flexibility index (Phi) is 5.81. The molecule has 0 aliphatic carbocycles. The van der Waals surface area contributed by atoms with E-state index >= 15 is 0 Å². The molecule has 2 atom stereocenters. The third-order valence-electron chi connectivity index (χ3n) is 4.93. The average Bonchev–Trinajstić information content (AvgIpc) is 3.10. The summed E-state index contributed by atoms with van der Waals surface area (Å²) in [5, 5.41) is 2.86. The maximum Gasteiger partial charge on any atom is 0.241 e. The molecule has 0 spiro atoms. The number of anilines is 1. The smallest absolute Gasteiger partial charge is 0.241 e. The Balaban J connectivity index is 1.44. The highest BCUT2D eigenvalue weighted by atomic mass is 19.1. The van der Waals surface area contributed by atoms with Crippen LogP contribution in [0.1, 0.15) is 19.8 Å². The summed E-state index contributed by atoms with van der Waals surface area (Å²) in [5.41, 5.74) is 0.630. The Hall–Kier alpha value is -1.50. The highest BCUT2D eigenvalue weighted by Gasteiger charge is 2.27. The maximum absolute atomic E-state index is 12.9. The second-order valence-corrected chi connectivity index (χ2v) is 6.64. The number of halogens is 1. The number of carbonyl (C=O) groups is 1. The zero-order chi connectivity index (χ0) is 16.9. The van der Waals surface area contributed by atoms with Crippen LogP contribution in [0, 0.1) is 5.82 Å². The van der Waals surface area contributed by atoms with Crippen molar-refractivity contribution in [2.24, 2.45) is 0 Å². The third kappa shape index (κ3) is 4.53. The second kappa shape index (κ2) is 8.05. The number of rotatable bonds is 5. The number of hydrogen-bond acceptors (Lipinski definition) is 4. The van der Waals surface area contributed by atoms with Gasteiger partial charge in [0, 0.05) is 45.0 Å². The Morgan fingerprint density at radius 3 is 2.62 bits per heavy atom. The van der Waals surface area contributed by atoms with Gasteiger partial charge in [-0.05, 0) is 44.0 Å². The van der Waals surface area contributed by atoms with Crippen molar-refractivity contribution in [1.82, 2.24) is 9.80 Å². The minimum atomic E-state index is -0.302. The fourth-order valence-corrected chi connectivity index (χ4v) is 3.36. The van der Waals surface area contributed by atoms with Crippen LogP contribution in [0.15, 0.2) is 24.3 Å². The lowest BCUT2D eigenvalue weighted by molar-refractivity contribution is -0.121. The molecule has 0 bridgehead atoms. The molecule has 2 aliphatic rings. The number of nitrogens with zero attached hydrogens (tertiary/aromatic N) is 2. The van der Waals surface area contributed by atoms with Gasteiger partial charge in [0.15, 0.2) is 0 Å². The molecule has 0 aromatic heterocycles. The van der Waals surface area contributed by atoms with Crippen LogP contribution in [0.3, 0.4) is 0 Å². The zero-order valence-electron chi connectivity index (χ0n) is 14.2. The van der Waals surface area contributed by atoms with E-state index in [1.54, 1.807) is 12.1 Å². The van der Waals surface area contributed by atoms with Crippen LogP contribution < -0.4 is 5.32 Å². The monoisotopic (exact) mass is 335 g/mol. The fourth-order valence-electron chi connectivity index (χ4n) is 3.36. The average molecular weight is 335 g/mol. The normalized spacial score (nSPS) is 24.0. The van der Waals surface area contributed by atoms with Gasteiger partial charge in [0.1, 0.15) is 5.82 Å². The van der Waals surface area contributed by atoms with Crippen LogP contribution in [0.2, 0.25) is 0 Å². The first-order chi connectivity index (χ1) is 11.6. The van der Waals surface area contributed by atoms with Gasteiger partial charge in [0.25, 0.3) is 0 Å². The van der Waals surface area contributed by atoms with Gasteiger partial charge < -0.3 is 10.1 Å². The fraction of sp³-hybridized carbons (Fsp3) is 0.611. The number of nitrogens with one attached hydrogen (secondary N) is 1. The number of benzene rings is 1. The molecule has 0 radical (unpaired) electrons. The summed E-state index contributed by atoms with van der Waals surface area (Å²) in [6.07, 6.45) is 2.72. The van der Waals surface area contributed by atoms with Crippen LogP contribution in [-0.4, -0.2) is 67.2 Å². The molecular weight excluding hydrogens is 309 g/mol. The van der Waals surface area contributed by atoms with E-state index in [2.05, 4.69) is 15.1 Å². The molecule has 6 heteroatoms. The molecule has 5 nitrogen and oxygen atoms in total. The topological polar surface area (TPSA) is 44.8 Å². The predicted molar refractivity (Wildman–Crippen MR) is 91.5 cm³/mol. The summed E-state index contributed by atoms with van der Waals surface area (Å²) in [6.45, 7) is 7.52. The Labute approximate surface area is 142 Å². The summed E-state index contributed by atoms with van der Waals surface area (Å²) in [7, 11) is 0. The molecule has 132 valence electrons. The number of piperazine rings is 1. The summed E-state index contributed by atoms with van der Waals surface area (Å²) in [6, 6.07) is 5.67. The third-order valence-corrected chi connectivity index (χ3v) is 4.93. The van der Waals surface area contributed by atoms with E-state index in [1.807, 2.05) is 6.92 Å². The SMILES string of the molecule is C[C@@H](C(=O)Nc1ccc(F)cc1)N1CCN(C[C@H]2CCCO2)CC1. The van der Waals surface area contributed by atoms with E-state index < -0.39 is 0 Å². The molecule has 2 heterocycles. The predicted octanol–water partition coefficient (Wildman–Crippen LogP) is 1.95. The summed E-state index contributed by atoms with van der Waals surface area (Å²) in [4.78, 5) is 17.0. The van der Waals surface area contributed by atoms with Gasteiger partial charge in [0.05, 0.1) is 12.1 Å². The van der Waals surface area contributed by atoms with Crippen LogP contribution >= 0.6 is 0 Å². The van der Waals surface area contributed by atoms with Crippen molar-refractivity contribution < 1.29 is 13.9 Å². The van der Waals surface area contributed by atoms with Gasteiger partial charge >= 0.3 is 0 Å². The highest BCUT2D eigenvalue weighted by Crippen LogP contribution is 2.16. The van der Waals surface area contributed by atoms with Gasteiger partial charge in [0.2, 0.25) is 5.91 Å². The molecule has 2 saturated heterocycles. The van der Waals surface area contributed by atoms with Crippen molar-refractivity contribution >= 4 is 11.6 Å². The van der Waals surface area contributed by atoms with E-state index in [0.29, 0.717) is 11.8 Å². The molecule has 0 unspecified atom stereocenters. The lowest BCUT2D eigenvalue weighted by Gasteiger charge is -2.38. The van der Waals surface area contributed by atoms with Crippen molar-refractivity contribution in [2.75, 3.05) is 44.6 Å². The van der Waals surface area contributed by atoms with Crippen molar-refractivity contribution in [1.29, 1.82) is 0 Å². The molecule has 1 amide bonds. The van der Waals surface area contributed by atoms with E-state index in [4.69, 9.17) is 4.74 Å². The lowest BCUT2D eigenvalue weighted by atomic mass is 10.2. The van der Waals surface area contributed by atoms with E-state index in [9.17, 15) is 9.18 Å². The first-order valence-electron chi connectivity index (χ1n) is 8.76. The minimum absolute atomic E-state index is 0.0471. The van der Waals surface area contributed by atoms with Gasteiger partial charge in [-0.25, -0.2) is 4.39 Å². The minimum Gasteiger partial charge on any atom is -0.377 e. The van der Waals surface area contributed by atoms with Gasteiger partial charge in [-0.1, -0.05) is 0 Å². The van der Waals surface area contributed by atoms with E-state index in [-0.39, 0.29) is 17.8 Å². The number of hydrogen-bond donors (Lipinski definition) is 1. The van der Waals surface area contributed by atoms with Crippen molar-refractivity contribution in [3.05, 3.63) is 30.1 Å². The second-order valence-electron chi connectivity index (χ2n) is 6.64. The summed E-state index contributed by atoms with van der Waals surface area (Å²) in [5.74, 6) is -0.349. The van der Waals surface area contributed by atoms with Gasteiger partial charge in [-0.3, -0.25) is 14.6 Å². The van der Waals surface area contributed by atoms with Crippen molar-refractivity contribution in [2.45, 2.75) is 31.9 Å². The quantitative estimate of drug-likeness (QED) is 0.893. The molecule has 2 aliphatic heterocycles. The zero-order valence-corrected chi connectivity index (χ0v) is 14.2. The van der Waals surface area contributed by atoms with Crippen LogP contribution in [0.4, 0.5) is 10.1 Å². The Morgan fingerprint density at radius 1 is 1.29 bits per heavy atom. The Morgan fingerprint density at radius 2 is 2.00 bits per heavy atom. The molecule has 0 saturated carbocycles. The molecule has 24 heavy (non-hydrogen) atoms. The molecule has 1 N–H and O–H groups in total. The molecular formula is C18H26FN3O2. The van der Waals surface area contributed by atoms with Crippen molar-refractivity contribution in [3.8, 4) is 0 Å². The first-order valence-corrected chi connectivity index (χ1v) is 8.76. The summed E-state index contributed by atoms with van der Waals surface area (Å²) < 4.78 is 18.6. The number of carbonyl (C=O) groups excluding carboxylic acids is 1. The largest absolute Gasteiger partial charge is 0.377 e.